The van der Waals surface area contributed by atoms with Gasteiger partial charge in [0, 0.05) is 6.42 Å². The highest BCUT2D eigenvalue weighted by atomic mass is 31.0. The standard InChI is InChI=1S/C10H13OP/c1-7-8(2)10(12)4-3-9(7)5-6-11/h3-4,6H,5,12H2,1-2H3. The fourth-order valence-corrected chi connectivity index (χ4v) is 1.52. The van der Waals surface area contributed by atoms with Crippen LogP contribution in [0.4, 0.5) is 0 Å². The number of carbonyl (C=O) groups excluding carboxylic acids is 1. The van der Waals surface area contributed by atoms with Crippen molar-refractivity contribution < 1.29 is 4.79 Å². The van der Waals surface area contributed by atoms with Gasteiger partial charge >= 0.3 is 0 Å². The molecule has 1 unspecified atom stereocenters. The average molecular weight is 180 g/mol. The minimum Gasteiger partial charge on any atom is -0.303 e. The molecule has 2 heteroatoms. The van der Waals surface area contributed by atoms with Gasteiger partial charge in [-0.05, 0) is 35.8 Å². The zero-order valence-corrected chi connectivity index (χ0v) is 8.58. The van der Waals surface area contributed by atoms with Crippen molar-refractivity contribution in [2.45, 2.75) is 20.3 Å². The van der Waals surface area contributed by atoms with Gasteiger partial charge in [-0.15, -0.1) is 9.24 Å². The normalized spacial score (nSPS) is 9.92. The first-order chi connectivity index (χ1) is 5.66. The summed E-state index contributed by atoms with van der Waals surface area (Å²) in [6.07, 6.45) is 1.47. The van der Waals surface area contributed by atoms with Gasteiger partial charge in [-0.2, -0.15) is 0 Å². The van der Waals surface area contributed by atoms with E-state index < -0.39 is 0 Å². The molecule has 0 spiro atoms. The number of rotatable bonds is 2. The third-order valence-electron chi connectivity index (χ3n) is 2.24. The molecule has 1 nitrogen and oxygen atoms in total. The Morgan fingerprint density at radius 3 is 2.58 bits per heavy atom. The van der Waals surface area contributed by atoms with E-state index in [2.05, 4.69) is 23.1 Å². The predicted molar refractivity (Wildman–Crippen MR) is 55.0 cm³/mol. The van der Waals surface area contributed by atoms with Gasteiger partial charge in [0.05, 0.1) is 0 Å². The second-order valence-corrected chi connectivity index (χ2v) is 3.56. The lowest BCUT2D eigenvalue weighted by Gasteiger charge is -2.08. The quantitative estimate of drug-likeness (QED) is 0.498. The molecule has 0 amide bonds. The number of hydrogen-bond donors (Lipinski definition) is 0. The van der Waals surface area contributed by atoms with Gasteiger partial charge in [0.1, 0.15) is 6.29 Å². The van der Waals surface area contributed by atoms with Crippen molar-refractivity contribution in [3.8, 4) is 0 Å². The molecule has 64 valence electrons. The molecule has 0 fully saturated rings. The predicted octanol–water partition coefficient (Wildman–Crippen LogP) is 1.55. The average Bonchev–Trinajstić information content (AvgIpc) is 2.07. The van der Waals surface area contributed by atoms with E-state index >= 15 is 0 Å². The molecule has 0 bridgehead atoms. The van der Waals surface area contributed by atoms with E-state index in [9.17, 15) is 4.79 Å². The molecule has 0 saturated carbocycles. The molecule has 0 heterocycles. The lowest BCUT2D eigenvalue weighted by Crippen LogP contribution is -2.03. The monoisotopic (exact) mass is 180 g/mol. The van der Waals surface area contributed by atoms with Crippen LogP contribution in [0.15, 0.2) is 12.1 Å². The molecule has 0 aliphatic heterocycles. The largest absolute Gasteiger partial charge is 0.303 e. The van der Waals surface area contributed by atoms with Crippen LogP contribution >= 0.6 is 9.24 Å². The molecule has 0 aromatic heterocycles. The maximum Gasteiger partial charge on any atom is 0.124 e. The van der Waals surface area contributed by atoms with E-state index in [1.807, 2.05) is 12.1 Å². The van der Waals surface area contributed by atoms with E-state index in [4.69, 9.17) is 0 Å². The zero-order valence-electron chi connectivity index (χ0n) is 7.42. The number of carbonyl (C=O) groups is 1. The Balaban J connectivity index is 3.16. The highest BCUT2D eigenvalue weighted by Gasteiger charge is 2.02. The summed E-state index contributed by atoms with van der Waals surface area (Å²) in [5, 5.41) is 1.21. The van der Waals surface area contributed by atoms with Gasteiger partial charge in [0.15, 0.2) is 0 Å². The first-order valence-corrected chi connectivity index (χ1v) is 4.52. The summed E-state index contributed by atoms with van der Waals surface area (Å²) in [7, 11) is 2.69. The minimum atomic E-state index is 0.525. The smallest absolute Gasteiger partial charge is 0.124 e. The van der Waals surface area contributed by atoms with Gasteiger partial charge in [-0.3, -0.25) is 0 Å². The van der Waals surface area contributed by atoms with Gasteiger partial charge in [-0.25, -0.2) is 0 Å². The molecular formula is C10H13OP. The minimum absolute atomic E-state index is 0.525. The number of benzene rings is 1. The highest BCUT2D eigenvalue weighted by molar-refractivity contribution is 7.27. The first kappa shape index (κ1) is 9.41. The summed E-state index contributed by atoms with van der Waals surface area (Å²) in [5.41, 5.74) is 3.63. The zero-order chi connectivity index (χ0) is 9.14. The maximum atomic E-state index is 10.3. The summed E-state index contributed by atoms with van der Waals surface area (Å²) in [5.74, 6) is 0. The topological polar surface area (TPSA) is 17.1 Å². The Morgan fingerprint density at radius 1 is 1.33 bits per heavy atom. The molecule has 12 heavy (non-hydrogen) atoms. The Hall–Kier alpha value is -0.680. The second-order valence-electron chi connectivity index (χ2n) is 2.93. The number of hydrogen-bond acceptors (Lipinski definition) is 1. The van der Waals surface area contributed by atoms with Crippen LogP contribution in [0.3, 0.4) is 0 Å². The van der Waals surface area contributed by atoms with Crippen LogP contribution in [-0.4, -0.2) is 6.29 Å². The molecule has 0 radical (unpaired) electrons. The Labute approximate surface area is 75.4 Å². The van der Waals surface area contributed by atoms with Gasteiger partial charge < -0.3 is 4.79 Å². The molecular weight excluding hydrogens is 167 g/mol. The van der Waals surface area contributed by atoms with Crippen LogP contribution in [0.1, 0.15) is 16.7 Å². The Kier molecular flexibility index (Phi) is 2.99. The Bertz CT molecular complexity index is 305. The van der Waals surface area contributed by atoms with Gasteiger partial charge in [0.2, 0.25) is 0 Å². The van der Waals surface area contributed by atoms with Crippen molar-refractivity contribution in [3.05, 3.63) is 28.8 Å². The summed E-state index contributed by atoms with van der Waals surface area (Å²) in [6.45, 7) is 4.13. The highest BCUT2D eigenvalue weighted by Crippen LogP contribution is 2.12. The molecule has 0 saturated heterocycles. The lowest BCUT2D eigenvalue weighted by molar-refractivity contribution is -0.107. The van der Waals surface area contributed by atoms with E-state index in [-0.39, 0.29) is 0 Å². The second kappa shape index (κ2) is 3.82. The van der Waals surface area contributed by atoms with Crippen LogP contribution < -0.4 is 5.30 Å². The summed E-state index contributed by atoms with van der Waals surface area (Å²) in [4.78, 5) is 10.3. The van der Waals surface area contributed by atoms with Crippen LogP contribution in [-0.2, 0) is 11.2 Å². The SMILES string of the molecule is Cc1c(P)ccc(CC=O)c1C. The van der Waals surface area contributed by atoms with Crippen molar-refractivity contribution in [2.75, 3.05) is 0 Å². The van der Waals surface area contributed by atoms with Crippen molar-refractivity contribution in [3.63, 3.8) is 0 Å². The van der Waals surface area contributed by atoms with E-state index in [1.54, 1.807) is 0 Å². The van der Waals surface area contributed by atoms with Crippen LogP contribution in [0.25, 0.3) is 0 Å². The van der Waals surface area contributed by atoms with E-state index in [0.717, 1.165) is 11.8 Å². The van der Waals surface area contributed by atoms with Crippen molar-refractivity contribution >= 4 is 20.8 Å². The fourth-order valence-electron chi connectivity index (χ4n) is 1.21. The van der Waals surface area contributed by atoms with Crippen molar-refractivity contribution in [1.29, 1.82) is 0 Å². The van der Waals surface area contributed by atoms with Crippen molar-refractivity contribution in [2.24, 2.45) is 0 Å². The molecule has 1 rings (SSSR count). The summed E-state index contributed by atoms with van der Waals surface area (Å²) >= 11 is 0. The van der Waals surface area contributed by atoms with E-state index in [1.165, 1.54) is 16.4 Å². The van der Waals surface area contributed by atoms with Gasteiger partial charge in [0.25, 0.3) is 0 Å². The maximum absolute atomic E-state index is 10.3. The third kappa shape index (κ3) is 1.73. The fraction of sp³-hybridized carbons (Fsp3) is 0.300. The lowest BCUT2D eigenvalue weighted by atomic mass is 10.0. The molecule has 0 N–H and O–H groups in total. The van der Waals surface area contributed by atoms with Crippen molar-refractivity contribution in [1.82, 2.24) is 0 Å². The number of aldehydes is 1. The molecule has 0 aliphatic carbocycles. The van der Waals surface area contributed by atoms with Gasteiger partial charge in [-0.1, -0.05) is 12.1 Å². The third-order valence-corrected chi connectivity index (χ3v) is 2.87. The summed E-state index contributed by atoms with van der Waals surface area (Å²) in [6, 6.07) is 4.05. The molecule has 1 aromatic carbocycles. The molecule has 1 atom stereocenters. The van der Waals surface area contributed by atoms with Crippen LogP contribution in [0, 0.1) is 13.8 Å². The van der Waals surface area contributed by atoms with E-state index in [0.29, 0.717) is 6.42 Å². The molecule has 0 aliphatic rings. The molecule has 1 aromatic rings. The van der Waals surface area contributed by atoms with Crippen LogP contribution in [0.5, 0.6) is 0 Å². The Morgan fingerprint density at radius 2 is 2.00 bits per heavy atom. The van der Waals surface area contributed by atoms with Crippen LogP contribution in [0.2, 0.25) is 0 Å². The first-order valence-electron chi connectivity index (χ1n) is 3.95. The summed E-state index contributed by atoms with van der Waals surface area (Å²) < 4.78 is 0.